The fourth-order valence-electron chi connectivity index (χ4n) is 3.10. The zero-order chi connectivity index (χ0) is 19.8. The Balaban J connectivity index is 1.72. The van der Waals surface area contributed by atoms with Gasteiger partial charge in [-0.25, -0.2) is 17.4 Å². The average molecular weight is 456 g/mol. The van der Waals surface area contributed by atoms with Gasteiger partial charge in [0, 0.05) is 22.0 Å². The third-order valence-electron chi connectivity index (χ3n) is 4.61. The number of aromatic nitrogens is 2. The van der Waals surface area contributed by atoms with Crippen molar-refractivity contribution in [3.05, 3.63) is 34.2 Å². The van der Waals surface area contributed by atoms with E-state index in [-0.39, 0.29) is 27.9 Å². The molecule has 1 aliphatic rings. The molecule has 2 aromatic rings. The maximum Gasteiger partial charge on any atom is 0.202 e. The number of sulfone groups is 1. The van der Waals surface area contributed by atoms with Gasteiger partial charge in [-0.15, -0.1) is 0 Å². The van der Waals surface area contributed by atoms with Crippen molar-refractivity contribution in [1.82, 2.24) is 10.3 Å². The molecule has 2 heterocycles. The zero-order valence-electron chi connectivity index (χ0n) is 14.7. The van der Waals surface area contributed by atoms with E-state index in [4.69, 9.17) is 10.0 Å². The SMILES string of the molecule is BC1CC(Nc2nonc2C(=N)Nc2ccc(F)c(Br)c2)CC(B)S1(=O)=O. The minimum atomic E-state index is -3.12. The van der Waals surface area contributed by atoms with Crippen molar-refractivity contribution < 1.29 is 17.4 Å². The predicted molar refractivity (Wildman–Crippen MR) is 109 cm³/mol. The summed E-state index contributed by atoms with van der Waals surface area (Å²) < 4.78 is 42.6. The normalized spacial score (nSPS) is 24.3. The van der Waals surface area contributed by atoms with Crippen molar-refractivity contribution in [3.8, 4) is 0 Å². The van der Waals surface area contributed by atoms with Gasteiger partial charge in [0.15, 0.2) is 11.5 Å². The van der Waals surface area contributed by atoms with Crippen LogP contribution < -0.4 is 10.6 Å². The van der Waals surface area contributed by atoms with Crippen LogP contribution in [0, 0.1) is 11.2 Å². The van der Waals surface area contributed by atoms with Crippen LogP contribution in [0.4, 0.5) is 15.9 Å². The number of nitrogens with zero attached hydrogens (tertiary/aromatic N) is 2. The van der Waals surface area contributed by atoms with Crippen LogP contribution in [-0.4, -0.2) is 56.6 Å². The Bertz CT molecular complexity index is 955. The number of anilines is 2. The topological polar surface area (TPSA) is 121 Å². The third-order valence-corrected chi connectivity index (χ3v) is 7.85. The molecule has 1 aromatic carbocycles. The summed E-state index contributed by atoms with van der Waals surface area (Å²) in [5, 5.41) is 20.7. The van der Waals surface area contributed by atoms with E-state index < -0.39 is 26.0 Å². The number of benzene rings is 1. The molecular weight excluding hydrogens is 439 g/mol. The highest BCUT2D eigenvalue weighted by Gasteiger charge is 2.37. The second kappa shape index (κ2) is 7.63. The summed E-state index contributed by atoms with van der Waals surface area (Å²) in [5.41, 5.74) is 0.650. The quantitative estimate of drug-likeness (QED) is 0.345. The minimum absolute atomic E-state index is 0.0817. The molecule has 1 aliphatic heterocycles. The first kappa shape index (κ1) is 19.9. The molecule has 0 aliphatic carbocycles. The molecule has 27 heavy (non-hydrogen) atoms. The van der Waals surface area contributed by atoms with Gasteiger partial charge in [0.05, 0.1) is 4.47 Å². The van der Waals surface area contributed by atoms with E-state index in [0.717, 1.165) is 0 Å². The number of amidine groups is 1. The van der Waals surface area contributed by atoms with E-state index in [1.165, 1.54) is 18.2 Å². The highest BCUT2D eigenvalue weighted by Crippen LogP contribution is 2.26. The van der Waals surface area contributed by atoms with Crippen LogP contribution in [0.3, 0.4) is 0 Å². The van der Waals surface area contributed by atoms with Gasteiger partial charge in [-0.3, -0.25) is 5.41 Å². The lowest BCUT2D eigenvalue weighted by molar-refractivity contribution is 0.307. The summed E-state index contributed by atoms with van der Waals surface area (Å²) in [5.74, 6) is -0.229. The van der Waals surface area contributed by atoms with Gasteiger partial charge in [0.25, 0.3) is 0 Å². The lowest BCUT2D eigenvalue weighted by atomic mass is 9.88. The number of nitrogens with one attached hydrogen (secondary N) is 3. The largest absolute Gasteiger partial charge is 0.362 e. The first-order chi connectivity index (χ1) is 12.7. The lowest BCUT2D eigenvalue weighted by Crippen LogP contribution is -2.45. The molecule has 8 nitrogen and oxygen atoms in total. The van der Waals surface area contributed by atoms with E-state index in [1.807, 2.05) is 0 Å². The Labute approximate surface area is 166 Å². The summed E-state index contributed by atoms with van der Waals surface area (Å²) in [7, 11) is 0.268. The molecule has 2 unspecified atom stereocenters. The molecule has 1 fully saturated rings. The van der Waals surface area contributed by atoms with Crippen LogP contribution in [0.25, 0.3) is 0 Å². The van der Waals surface area contributed by atoms with Crippen LogP contribution in [0.2, 0.25) is 0 Å². The van der Waals surface area contributed by atoms with Crippen LogP contribution in [0.15, 0.2) is 27.3 Å². The van der Waals surface area contributed by atoms with Crippen LogP contribution in [-0.2, 0) is 9.84 Å². The summed E-state index contributed by atoms with van der Waals surface area (Å²) in [4.78, 5) is 0. The molecule has 0 spiro atoms. The summed E-state index contributed by atoms with van der Waals surface area (Å²) >= 11 is 3.09. The Morgan fingerprint density at radius 3 is 2.59 bits per heavy atom. The zero-order valence-corrected chi connectivity index (χ0v) is 17.1. The van der Waals surface area contributed by atoms with E-state index in [0.29, 0.717) is 18.5 Å². The molecule has 2 atom stereocenters. The average Bonchev–Trinajstić information content (AvgIpc) is 3.05. The molecular formula is C14H17B2BrFN5O3S. The monoisotopic (exact) mass is 455 g/mol. The highest BCUT2D eigenvalue weighted by molar-refractivity contribution is 9.10. The molecule has 3 rings (SSSR count). The Morgan fingerprint density at radius 1 is 1.30 bits per heavy atom. The van der Waals surface area contributed by atoms with Gasteiger partial charge < -0.3 is 10.6 Å². The molecule has 3 N–H and O–H groups in total. The number of halogens is 2. The fraction of sp³-hybridized carbons (Fsp3) is 0.357. The van der Waals surface area contributed by atoms with Gasteiger partial charge in [0.2, 0.25) is 5.82 Å². The Morgan fingerprint density at radius 2 is 1.96 bits per heavy atom. The second-order valence-corrected chi connectivity index (χ2v) is 10.3. The van der Waals surface area contributed by atoms with E-state index in [2.05, 4.69) is 36.9 Å². The standard InChI is InChI=1S/C14H17B2BrFN5O3S/c15-10-4-7(5-11(16)27(10,24)25)21-14-12(22-26-23-14)13(19)20-6-1-2-9(18)8(17)3-6/h1-3,7,10-11H,4-5,15-16H2,(H2,19,20)(H,21,23). The smallest absolute Gasteiger partial charge is 0.202 e. The molecule has 13 heteroatoms. The van der Waals surface area contributed by atoms with Crippen molar-refractivity contribution in [3.63, 3.8) is 0 Å². The van der Waals surface area contributed by atoms with Crippen LogP contribution in [0.5, 0.6) is 0 Å². The number of hydrogen-bond donors (Lipinski definition) is 3. The van der Waals surface area contributed by atoms with Crippen molar-refractivity contribution in [1.29, 1.82) is 5.41 Å². The number of hydrogen-bond acceptors (Lipinski definition) is 7. The molecule has 1 aromatic heterocycles. The Hall–Kier alpha value is -1.88. The van der Waals surface area contributed by atoms with Crippen LogP contribution >= 0.6 is 15.9 Å². The summed E-state index contributed by atoms with van der Waals surface area (Å²) in [6.45, 7) is 0. The van der Waals surface area contributed by atoms with Gasteiger partial charge in [-0.05, 0) is 57.3 Å². The van der Waals surface area contributed by atoms with Gasteiger partial charge in [0.1, 0.15) is 31.3 Å². The molecule has 1 saturated heterocycles. The number of rotatable bonds is 4. The van der Waals surface area contributed by atoms with Crippen molar-refractivity contribution in [2.45, 2.75) is 29.2 Å². The molecule has 0 saturated carbocycles. The van der Waals surface area contributed by atoms with Crippen molar-refractivity contribution in [2.24, 2.45) is 0 Å². The van der Waals surface area contributed by atoms with E-state index in [1.54, 1.807) is 15.7 Å². The predicted octanol–water partition coefficient (Wildman–Crippen LogP) is 0.316. The Kier molecular flexibility index (Phi) is 5.61. The van der Waals surface area contributed by atoms with E-state index in [9.17, 15) is 12.8 Å². The molecule has 0 radical (unpaired) electrons. The summed E-state index contributed by atoms with van der Waals surface area (Å²) in [6, 6.07) is 4.13. The summed E-state index contributed by atoms with van der Waals surface area (Å²) in [6.07, 6.45) is 0.870. The molecule has 142 valence electrons. The van der Waals surface area contributed by atoms with Crippen molar-refractivity contribution in [2.75, 3.05) is 10.6 Å². The van der Waals surface area contributed by atoms with E-state index >= 15 is 0 Å². The maximum absolute atomic E-state index is 13.3. The first-order valence-corrected chi connectivity index (χ1v) is 10.7. The second-order valence-electron chi connectivity index (χ2n) is 6.61. The minimum Gasteiger partial charge on any atom is -0.362 e. The van der Waals surface area contributed by atoms with Crippen LogP contribution in [0.1, 0.15) is 18.5 Å². The fourth-order valence-corrected chi connectivity index (χ4v) is 5.27. The van der Waals surface area contributed by atoms with Gasteiger partial charge >= 0.3 is 0 Å². The molecule has 0 amide bonds. The van der Waals surface area contributed by atoms with Crippen molar-refractivity contribution >= 4 is 58.8 Å². The lowest BCUT2D eigenvalue weighted by Gasteiger charge is -2.32. The molecule has 0 bridgehead atoms. The first-order valence-electron chi connectivity index (χ1n) is 8.31. The van der Waals surface area contributed by atoms with Gasteiger partial charge in [-0.1, -0.05) is 0 Å². The van der Waals surface area contributed by atoms with Gasteiger partial charge in [-0.2, -0.15) is 0 Å². The maximum atomic E-state index is 13.3. The highest BCUT2D eigenvalue weighted by atomic mass is 79.9. The third kappa shape index (κ3) is 4.18.